The molecule has 2 saturated carbocycles. The number of nitrogens with one attached hydrogen (secondary N) is 1. The molecule has 2 aliphatic rings. The maximum atomic E-state index is 6.00. The van der Waals surface area contributed by atoms with Gasteiger partial charge in [0.15, 0.2) is 0 Å². The maximum Gasteiger partial charge on any atom is 0.123 e. The van der Waals surface area contributed by atoms with Crippen LogP contribution in [0.25, 0.3) is 0 Å². The molecule has 0 heterocycles. The van der Waals surface area contributed by atoms with Gasteiger partial charge in [0.05, 0.1) is 0 Å². The van der Waals surface area contributed by atoms with E-state index in [1.165, 1.54) is 37.7 Å². The van der Waals surface area contributed by atoms with E-state index < -0.39 is 0 Å². The minimum Gasteiger partial charge on any atom is -0.492 e. The van der Waals surface area contributed by atoms with Gasteiger partial charge in [0, 0.05) is 30.7 Å². The standard InChI is InChI=1S/C17H26N2O/c1-19(16-6-4-7-16)11-12-20-17-8-3-2-5-14(17)13-18-15-9-10-15/h2-3,5,8,15-16,18H,4,6-7,9-13H2,1H3. The first-order valence-corrected chi connectivity index (χ1v) is 7.97. The Balaban J connectivity index is 1.45. The van der Waals surface area contributed by atoms with E-state index in [0.29, 0.717) is 0 Å². The molecule has 1 aromatic rings. The van der Waals surface area contributed by atoms with Crippen molar-refractivity contribution in [1.29, 1.82) is 0 Å². The molecule has 20 heavy (non-hydrogen) atoms. The number of rotatable bonds is 8. The summed E-state index contributed by atoms with van der Waals surface area (Å²) >= 11 is 0. The highest BCUT2D eigenvalue weighted by Gasteiger charge is 2.22. The average molecular weight is 274 g/mol. The highest BCUT2D eigenvalue weighted by Crippen LogP contribution is 2.24. The number of nitrogens with zero attached hydrogens (tertiary/aromatic N) is 1. The minimum absolute atomic E-state index is 0.743. The Morgan fingerprint density at radius 3 is 2.70 bits per heavy atom. The van der Waals surface area contributed by atoms with Crippen LogP contribution in [-0.2, 0) is 6.54 Å². The van der Waals surface area contributed by atoms with Crippen LogP contribution in [0.5, 0.6) is 5.75 Å². The Kier molecular flexibility index (Phi) is 4.58. The van der Waals surface area contributed by atoms with E-state index in [0.717, 1.165) is 37.5 Å². The fraction of sp³-hybridized carbons (Fsp3) is 0.647. The smallest absolute Gasteiger partial charge is 0.123 e. The number of likely N-dealkylation sites (N-methyl/N-ethyl adjacent to an activating group) is 1. The fourth-order valence-corrected chi connectivity index (χ4v) is 2.64. The van der Waals surface area contributed by atoms with E-state index in [2.05, 4.69) is 41.5 Å². The van der Waals surface area contributed by atoms with E-state index in [-0.39, 0.29) is 0 Å². The molecule has 2 aliphatic carbocycles. The Morgan fingerprint density at radius 1 is 1.20 bits per heavy atom. The Bertz CT molecular complexity index is 427. The summed E-state index contributed by atoms with van der Waals surface area (Å²) in [5.41, 5.74) is 1.28. The number of hydrogen-bond donors (Lipinski definition) is 1. The molecule has 0 radical (unpaired) electrons. The third-order valence-corrected chi connectivity index (χ3v) is 4.53. The molecule has 0 unspecified atom stereocenters. The molecular formula is C17H26N2O. The summed E-state index contributed by atoms with van der Waals surface area (Å²) in [6, 6.07) is 9.95. The van der Waals surface area contributed by atoms with Crippen molar-refractivity contribution in [1.82, 2.24) is 10.2 Å². The summed E-state index contributed by atoms with van der Waals surface area (Å²) in [5, 5.41) is 3.56. The first-order chi connectivity index (χ1) is 9.83. The zero-order valence-electron chi connectivity index (χ0n) is 12.5. The van der Waals surface area contributed by atoms with E-state index in [9.17, 15) is 0 Å². The van der Waals surface area contributed by atoms with Crippen molar-refractivity contribution in [3.05, 3.63) is 29.8 Å². The zero-order valence-corrected chi connectivity index (χ0v) is 12.5. The number of para-hydroxylation sites is 1. The van der Waals surface area contributed by atoms with Gasteiger partial charge < -0.3 is 15.0 Å². The number of ether oxygens (including phenoxy) is 1. The summed E-state index contributed by atoms with van der Waals surface area (Å²) < 4.78 is 6.00. The lowest BCUT2D eigenvalue weighted by Crippen LogP contribution is -2.39. The van der Waals surface area contributed by atoms with Gasteiger partial charge in [-0.05, 0) is 38.8 Å². The Morgan fingerprint density at radius 2 is 2.00 bits per heavy atom. The van der Waals surface area contributed by atoms with Crippen molar-refractivity contribution in [3.8, 4) is 5.75 Å². The van der Waals surface area contributed by atoms with Gasteiger partial charge in [-0.2, -0.15) is 0 Å². The van der Waals surface area contributed by atoms with Gasteiger partial charge >= 0.3 is 0 Å². The second-order valence-electron chi connectivity index (χ2n) is 6.18. The van der Waals surface area contributed by atoms with Crippen LogP contribution in [0.1, 0.15) is 37.7 Å². The van der Waals surface area contributed by atoms with Crippen LogP contribution in [0.3, 0.4) is 0 Å². The summed E-state index contributed by atoms with van der Waals surface area (Å²) in [4.78, 5) is 2.44. The quantitative estimate of drug-likeness (QED) is 0.789. The lowest BCUT2D eigenvalue weighted by Gasteiger charge is -2.34. The molecule has 1 N–H and O–H groups in total. The van der Waals surface area contributed by atoms with E-state index in [1.54, 1.807) is 0 Å². The molecule has 0 saturated heterocycles. The molecular weight excluding hydrogens is 248 g/mol. The average Bonchev–Trinajstić information content (AvgIpc) is 3.19. The van der Waals surface area contributed by atoms with Gasteiger partial charge in [-0.3, -0.25) is 0 Å². The monoisotopic (exact) mass is 274 g/mol. The third-order valence-electron chi connectivity index (χ3n) is 4.53. The van der Waals surface area contributed by atoms with Gasteiger partial charge in [-0.1, -0.05) is 24.6 Å². The van der Waals surface area contributed by atoms with Crippen molar-refractivity contribution in [2.45, 2.75) is 50.7 Å². The molecule has 0 aromatic heterocycles. The minimum atomic E-state index is 0.743. The van der Waals surface area contributed by atoms with Gasteiger partial charge in [-0.25, -0.2) is 0 Å². The largest absolute Gasteiger partial charge is 0.492 e. The van der Waals surface area contributed by atoms with E-state index in [1.807, 2.05) is 0 Å². The summed E-state index contributed by atoms with van der Waals surface area (Å²) in [6.45, 7) is 2.74. The molecule has 2 fully saturated rings. The van der Waals surface area contributed by atoms with Crippen molar-refractivity contribution in [2.24, 2.45) is 0 Å². The summed E-state index contributed by atoms with van der Waals surface area (Å²) in [7, 11) is 2.22. The molecule has 3 rings (SSSR count). The number of hydrogen-bond acceptors (Lipinski definition) is 3. The van der Waals surface area contributed by atoms with Gasteiger partial charge in [0.2, 0.25) is 0 Å². The van der Waals surface area contributed by atoms with E-state index >= 15 is 0 Å². The predicted octanol–water partition coefficient (Wildman–Crippen LogP) is 2.80. The molecule has 110 valence electrons. The lowest BCUT2D eigenvalue weighted by molar-refractivity contribution is 0.135. The maximum absolute atomic E-state index is 6.00. The van der Waals surface area contributed by atoms with Crippen molar-refractivity contribution in [3.63, 3.8) is 0 Å². The SMILES string of the molecule is CN(CCOc1ccccc1CNC1CC1)C1CCC1. The van der Waals surface area contributed by atoms with Gasteiger partial charge in [0.1, 0.15) is 12.4 Å². The fourth-order valence-electron chi connectivity index (χ4n) is 2.64. The molecule has 0 atom stereocenters. The molecule has 0 spiro atoms. The highest BCUT2D eigenvalue weighted by atomic mass is 16.5. The summed E-state index contributed by atoms with van der Waals surface area (Å²) in [6.07, 6.45) is 6.77. The van der Waals surface area contributed by atoms with Crippen LogP contribution >= 0.6 is 0 Å². The topological polar surface area (TPSA) is 24.5 Å². The first-order valence-electron chi connectivity index (χ1n) is 7.97. The molecule has 1 aromatic carbocycles. The van der Waals surface area contributed by atoms with E-state index in [4.69, 9.17) is 4.74 Å². The normalized spacial score (nSPS) is 19.1. The van der Waals surface area contributed by atoms with Crippen LogP contribution in [0, 0.1) is 0 Å². The zero-order chi connectivity index (χ0) is 13.8. The second-order valence-corrected chi connectivity index (χ2v) is 6.18. The molecule has 3 nitrogen and oxygen atoms in total. The summed E-state index contributed by atoms with van der Waals surface area (Å²) in [5.74, 6) is 1.04. The molecule has 0 aliphatic heterocycles. The van der Waals surface area contributed by atoms with Crippen molar-refractivity contribution < 1.29 is 4.74 Å². The van der Waals surface area contributed by atoms with Crippen LogP contribution in [0.4, 0.5) is 0 Å². The Hall–Kier alpha value is -1.06. The first kappa shape index (κ1) is 13.9. The van der Waals surface area contributed by atoms with Crippen LogP contribution in [0.2, 0.25) is 0 Å². The molecule has 3 heteroatoms. The predicted molar refractivity (Wildman–Crippen MR) is 82.1 cm³/mol. The van der Waals surface area contributed by atoms with Crippen molar-refractivity contribution >= 4 is 0 Å². The second kappa shape index (κ2) is 6.59. The number of benzene rings is 1. The van der Waals surface area contributed by atoms with Gasteiger partial charge in [-0.15, -0.1) is 0 Å². The van der Waals surface area contributed by atoms with Crippen LogP contribution in [-0.4, -0.2) is 37.2 Å². The van der Waals surface area contributed by atoms with Gasteiger partial charge in [0.25, 0.3) is 0 Å². The van der Waals surface area contributed by atoms with Crippen LogP contribution < -0.4 is 10.1 Å². The van der Waals surface area contributed by atoms with Crippen LogP contribution in [0.15, 0.2) is 24.3 Å². The highest BCUT2D eigenvalue weighted by molar-refractivity contribution is 5.33. The third kappa shape index (κ3) is 3.74. The Labute approximate surface area is 122 Å². The molecule has 0 bridgehead atoms. The lowest BCUT2D eigenvalue weighted by atomic mass is 9.92. The molecule has 0 amide bonds. The van der Waals surface area contributed by atoms with Crippen molar-refractivity contribution in [2.75, 3.05) is 20.2 Å².